The molecule has 2 aliphatic heterocycles. The Balaban J connectivity index is 1.63. The molecule has 1 amide bonds. The average molecular weight is 446 g/mol. The quantitative estimate of drug-likeness (QED) is 0.461. The number of amides is 1. The highest BCUT2D eigenvalue weighted by Crippen LogP contribution is 2.32. The molecular weight excluding hydrogens is 406 g/mol. The summed E-state index contributed by atoms with van der Waals surface area (Å²) in [5, 5.41) is 9.66. The topological polar surface area (TPSA) is 87.2 Å². The molecule has 2 aliphatic rings. The lowest BCUT2D eigenvalue weighted by molar-refractivity contribution is -0.121. The molecule has 1 atom stereocenters. The van der Waals surface area contributed by atoms with Gasteiger partial charge < -0.3 is 30.3 Å². The third-order valence-corrected chi connectivity index (χ3v) is 5.37. The fraction of sp³-hybridized carbons (Fsp3) is 0.667. The van der Waals surface area contributed by atoms with Crippen molar-refractivity contribution in [2.24, 2.45) is 10.9 Å². The molecule has 0 saturated carbocycles. The summed E-state index contributed by atoms with van der Waals surface area (Å²) in [6, 6.07) is 5.76. The number of rotatable bonds is 6. The summed E-state index contributed by atoms with van der Waals surface area (Å²) in [4.78, 5) is 19.3. The van der Waals surface area contributed by atoms with E-state index in [1.54, 1.807) is 0 Å². The van der Waals surface area contributed by atoms with Crippen molar-refractivity contribution in [2.75, 3.05) is 51.3 Å². The lowest BCUT2D eigenvalue weighted by Gasteiger charge is -2.30. The van der Waals surface area contributed by atoms with E-state index >= 15 is 0 Å². The minimum atomic E-state index is -0.285. The van der Waals surface area contributed by atoms with Gasteiger partial charge in [-0.1, -0.05) is 6.92 Å². The summed E-state index contributed by atoms with van der Waals surface area (Å²) in [7, 11) is 0. The minimum absolute atomic E-state index is 0.0535. The maximum atomic E-state index is 12.3. The van der Waals surface area contributed by atoms with Gasteiger partial charge in [-0.3, -0.25) is 4.79 Å². The van der Waals surface area contributed by atoms with Gasteiger partial charge in [-0.05, 0) is 58.2 Å². The van der Waals surface area contributed by atoms with Crippen molar-refractivity contribution < 1.29 is 14.3 Å². The number of benzene rings is 1. The zero-order valence-electron chi connectivity index (χ0n) is 20.0. The Bertz CT molecular complexity index is 790. The van der Waals surface area contributed by atoms with Gasteiger partial charge in [0.1, 0.15) is 6.54 Å². The van der Waals surface area contributed by atoms with E-state index in [0.717, 1.165) is 55.7 Å². The summed E-state index contributed by atoms with van der Waals surface area (Å²) in [6.45, 7) is 13.5. The number of hydrogen-bond donors (Lipinski definition) is 3. The summed E-state index contributed by atoms with van der Waals surface area (Å²) >= 11 is 0. The summed E-state index contributed by atoms with van der Waals surface area (Å²) in [5.74, 6) is 2.69. The first-order valence-electron chi connectivity index (χ1n) is 11.8. The number of piperidine rings is 1. The first-order chi connectivity index (χ1) is 15.3. The van der Waals surface area contributed by atoms with Crippen LogP contribution in [0.2, 0.25) is 0 Å². The van der Waals surface area contributed by atoms with Crippen LogP contribution < -0.4 is 25.4 Å². The van der Waals surface area contributed by atoms with Crippen LogP contribution in [-0.2, 0) is 4.79 Å². The fourth-order valence-corrected chi connectivity index (χ4v) is 3.95. The standard InChI is InChI=1S/C24H39N5O3/c1-18-7-5-11-29(17-18)12-10-25-23(26-16-22(30)28-24(2,3)4)27-19-8-9-20-21(15-19)32-14-6-13-31-20/h8-9,15,18H,5-7,10-14,16-17H2,1-4H3,(H,28,30)(H2,25,26,27). The molecule has 32 heavy (non-hydrogen) atoms. The molecule has 1 aromatic rings. The van der Waals surface area contributed by atoms with E-state index in [0.29, 0.717) is 19.2 Å². The highest BCUT2D eigenvalue weighted by molar-refractivity contribution is 5.95. The van der Waals surface area contributed by atoms with Crippen LogP contribution in [0.5, 0.6) is 11.5 Å². The largest absolute Gasteiger partial charge is 0.490 e. The molecule has 8 nitrogen and oxygen atoms in total. The molecule has 2 heterocycles. The third-order valence-electron chi connectivity index (χ3n) is 5.37. The number of ether oxygens (including phenoxy) is 2. The van der Waals surface area contributed by atoms with E-state index < -0.39 is 0 Å². The van der Waals surface area contributed by atoms with Crippen LogP contribution in [0.4, 0.5) is 5.69 Å². The lowest BCUT2D eigenvalue weighted by Crippen LogP contribution is -2.43. The Morgan fingerprint density at radius 3 is 2.72 bits per heavy atom. The van der Waals surface area contributed by atoms with Crippen molar-refractivity contribution in [1.29, 1.82) is 0 Å². The molecule has 0 spiro atoms. The zero-order chi connectivity index (χ0) is 23.0. The number of fused-ring (bicyclic) bond motifs is 1. The van der Waals surface area contributed by atoms with E-state index in [-0.39, 0.29) is 18.0 Å². The lowest BCUT2D eigenvalue weighted by atomic mass is 10.0. The van der Waals surface area contributed by atoms with Crippen LogP contribution in [0, 0.1) is 5.92 Å². The van der Waals surface area contributed by atoms with Crippen LogP contribution in [0.3, 0.4) is 0 Å². The number of aliphatic imine (C=N–C) groups is 1. The van der Waals surface area contributed by atoms with E-state index in [2.05, 4.69) is 32.8 Å². The predicted molar refractivity (Wildman–Crippen MR) is 129 cm³/mol. The molecule has 3 N–H and O–H groups in total. The monoisotopic (exact) mass is 445 g/mol. The summed E-state index contributed by atoms with van der Waals surface area (Å²) in [6.07, 6.45) is 3.43. The maximum Gasteiger partial charge on any atom is 0.242 e. The van der Waals surface area contributed by atoms with Gasteiger partial charge in [0.05, 0.1) is 13.2 Å². The van der Waals surface area contributed by atoms with Gasteiger partial charge in [0, 0.05) is 43.3 Å². The Morgan fingerprint density at radius 1 is 1.19 bits per heavy atom. The van der Waals surface area contributed by atoms with E-state index in [1.807, 2.05) is 39.0 Å². The molecule has 1 aromatic carbocycles. The third kappa shape index (κ3) is 8.22. The number of carbonyl (C=O) groups excluding carboxylic acids is 1. The molecule has 1 unspecified atom stereocenters. The fourth-order valence-electron chi connectivity index (χ4n) is 3.95. The molecule has 8 heteroatoms. The SMILES string of the molecule is CC1CCCN(CCNC(=NCC(=O)NC(C)(C)C)Nc2ccc3c(c2)OCCCO3)C1. The number of nitrogens with zero attached hydrogens (tertiary/aromatic N) is 2. The molecule has 0 aliphatic carbocycles. The number of anilines is 1. The van der Waals surface area contributed by atoms with Crippen molar-refractivity contribution in [2.45, 2.75) is 52.5 Å². The number of likely N-dealkylation sites (tertiary alicyclic amines) is 1. The van der Waals surface area contributed by atoms with E-state index in [4.69, 9.17) is 9.47 Å². The van der Waals surface area contributed by atoms with Crippen LogP contribution in [0.25, 0.3) is 0 Å². The normalized spacial score (nSPS) is 19.8. The number of hydrogen-bond acceptors (Lipinski definition) is 5. The van der Waals surface area contributed by atoms with Gasteiger partial charge in [0.15, 0.2) is 17.5 Å². The average Bonchev–Trinajstić information content (AvgIpc) is 2.96. The van der Waals surface area contributed by atoms with Gasteiger partial charge in [0.25, 0.3) is 0 Å². The zero-order valence-corrected chi connectivity index (χ0v) is 20.0. The Kier molecular flexibility index (Phi) is 8.61. The van der Waals surface area contributed by atoms with Crippen molar-refractivity contribution in [1.82, 2.24) is 15.5 Å². The van der Waals surface area contributed by atoms with Crippen molar-refractivity contribution >= 4 is 17.6 Å². The van der Waals surface area contributed by atoms with Gasteiger partial charge in [-0.15, -0.1) is 0 Å². The molecule has 0 bridgehead atoms. The second kappa shape index (κ2) is 11.4. The van der Waals surface area contributed by atoms with Crippen LogP contribution >= 0.6 is 0 Å². The van der Waals surface area contributed by atoms with Crippen molar-refractivity contribution in [3.8, 4) is 11.5 Å². The highest BCUT2D eigenvalue weighted by atomic mass is 16.5. The van der Waals surface area contributed by atoms with Crippen molar-refractivity contribution in [3.05, 3.63) is 18.2 Å². The van der Waals surface area contributed by atoms with Gasteiger partial charge in [-0.2, -0.15) is 0 Å². The molecule has 3 rings (SSSR count). The smallest absolute Gasteiger partial charge is 0.242 e. The van der Waals surface area contributed by atoms with Crippen molar-refractivity contribution in [3.63, 3.8) is 0 Å². The minimum Gasteiger partial charge on any atom is -0.490 e. The van der Waals surface area contributed by atoms with Crippen LogP contribution in [0.1, 0.15) is 47.0 Å². The van der Waals surface area contributed by atoms with E-state index in [1.165, 1.54) is 12.8 Å². The van der Waals surface area contributed by atoms with Gasteiger partial charge >= 0.3 is 0 Å². The molecule has 0 radical (unpaired) electrons. The van der Waals surface area contributed by atoms with Crippen LogP contribution in [0.15, 0.2) is 23.2 Å². The van der Waals surface area contributed by atoms with Gasteiger partial charge in [0.2, 0.25) is 5.91 Å². The number of nitrogens with one attached hydrogen (secondary N) is 3. The maximum absolute atomic E-state index is 12.3. The Morgan fingerprint density at radius 2 is 1.97 bits per heavy atom. The number of guanidine groups is 1. The van der Waals surface area contributed by atoms with E-state index in [9.17, 15) is 4.79 Å². The Hall–Kier alpha value is -2.48. The molecule has 178 valence electrons. The predicted octanol–water partition coefficient (Wildman–Crippen LogP) is 2.85. The van der Waals surface area contributed by atoms with Gasteiger partial charge in [-0.25, -0.2) is 4.99 Å². The summed E-state index contributed by atoms with van der Waals surface area (Å²) < 4.78 is 11.5. The second-order valence-electron chi connectivity index (χ2n) is 9.77. The Labute approximate surface area is 192 Å². The first-order valence-corrected chi connectivity index (χ1v) is 11.8. The molecule has 1 saturated heterocycles. The molecule has 0 aromatic heterocycles. The first kappa shape index (κ1) is 24.2. The molecular formula is C24H39N5O3. The number of carbonyl (C=O) groups is 1. The second-order valence-corrected chi connectivity index (χ2v) is 9.77. The summed E-state index contributed by atoms with van der Waals surface area (Å²) in [5.41, 5.74) is 0.552. The highest BCUT2D eigenvalue weighted by Gasteiger charge is 2.17. The molecule has 1 fully saturated rings. The van der Waals surface area contributed by atoms with Crippen LogP contribution in [-0.4, -0.2) is 68.2 Å².